The Balaban J connectivity index is 1.97. The van der Waals surface area contributed by atoms with Crippen LogP contribution >= 0.6 is 0 Å². The molecular formula is C20H14N4O. The van der Waals surface area contributed by atoms with Crippen molar-refractivity contribution in [3.05, 3.63) is 82.3 Å². The van der Waals surface area contributed by atoms with Crippen LogP contribution in [0.1, 0.15) is 11.3 Å². The van der Waals surface area contributed by atoms with Crippen LogP contribution in [0.2, 0.25) is 0 Å². The maximum Gasteiger partial charge on any atom is 0.274 e. The largest absolute Gasteiger partial charge is 0.339 e. The Hall–Kier alpha value is -3.65. The standard InChI is InChI=1S/C20H14N4O/c1-13-19(16-5-3-2-4-6-16)20-22-17(11-18(25)24(20)23-13)15-9-7-14(12-21)8-10-15/h2-11,22H,1H3. The summed E-state index contributed by atoms with van der Waals surface area (Å²) in [5, 5.41) is 13.3. The second-order valence-corrected chi connectivity index (χ2v) is 5.80. The molecule has 0 fully saturated rings. The monoisotopic (exact) mass is 326 g/mol. The predicted molar refractivity (Wildman–Crippen MR) is 96.1 cm³/mol. The van der Waals surface area contributed by atoms with Gasteiger partial charge in [0.25, 0.3) is 5.56 Å². The van der Waals surface area contributed by atoms with Gasteiger partial charge in [-0.25, -0.2) is 0 Å². The van der Waals surface area contributed by atoms with Crippen LogP contribution in [0.3, 0.4) is 0 Å². The van der Waals surface area contributed by atoms with Gasteiger partial charge in [-0.05, 0) is 30.2 Å². The Morgan fingerprint density at radius 3 is 2.44 bits per heavy atom. The van der Waals surface area contributed by atoms with E-state index in [0.29, 0.717) is 16.9 Å². The Morgan fingerprint density at radius 1 is 1.04 bits per heavy atom. The maximum atomic E-state index is 12.5. The smallest absolute Gasteiger partial charge is 0.274 e. The van der Waals surface area contributed by atoms with Gasteiger partial charge in [0.15, 0.2) is 0 Å². The highest BCUT2D eigenvalue weighted by molar-refractivity contribution is 5.81. The summed E-state index contributed by atoms with van der Waals surface area (Å²) in [7, 11) is 0. The molecule has 2 aromatic heterocycles. The van der Waals surface area contributed by atoms with E-state index >= 15 is 0 Å². The van der Waals surface area contributed by atoms with E-state index in [1.165, 1.54) is 10.6 Å². The van der Waals surface area contributed by atoms with Crippen molar-refractivity contribution in [2.24, 2.45) is 0 Å². The molecule has 0 bridgehead atoms. The summed E-state index contributed by atoms with van der Waals surface area (Å²) in [5.41, 5.74) is 5.29. The van der Waals surface area contributed by atoms with Crippen LogP contribution in [0.4, 0.5) is 0 Å². The van der Waals surface area contributed by atoms with Gasteiger partial charge in [-0.15, -0.1) is 0 Å². The van der Waals surface area contributed by atoms with Gasteiger partial charge in [-0.1, -0.05) is 42.5 Å². The zero-order valence-electron chi connectivity index (χ0n) is 13.5. The summed E-state index contributed by atoms with van der Waals surface area (Å²) < 4.78 is 1.39. The number of nitriles is 1. The minimum atomic E-state index is -0.196. The number of nitrogens with zero attached hydrogens (tertiary/aromatic N) is 3. The van der Waals surface area contributed by atoms with E-state index in [-0.39, 0.29) is 5.56 Å². The Morgan fingerprint density at radius 2 is 1.76 bits per heavy atom. The third-order valence-electron chi connectivity index (χ3n) is 4.18. The Labute approximate surface area is 143 Å². The molecule has 5 nitrogen and oxygen atoms in total. The van der Waals surface area contributed by atoms with Crippen molar-refractivity contribution < 1.29 is 0 Å². The fraction of sp³-hybridized carbons (Fsp3) is 0.0500. The molecule has 0 spiro atoms. The molecule has 2 heterocycles. The van der Waals surface area contributed by atoms with Crippen LogP contribution < -0.4 is 5.56 Å². The average Bonchev–Trinajstić information content (AvgIpc) is 2.99. The zero-order chi connectivity index (χ0) is 17.4. The second kappa shape index (κ2) is 5.77. The van der Waals surface area contributed by atoms with Gasteiger partial charge in [0, 0.05) is 11.6 Å². The minimum Gasteiger partial charge on any atom is -0.339 e. The number of aromatic amines is 1. The third kappa shape index (κ3) is 2.50. The Kier molecular flexibility index (Phi) is 3.44. The van der Waals surface area contributed by atoms with Crippen molar-refractivity contribution in [3.8, 4) is 28.5 Å². The molecule has 0 saturated heterocycles. The summed E-state index contributed by atoms with van der Waals surface area (Å²) >= 11 is 0. The molecule has 0 aliphatic heterocycles. The van der Waals surface area contributed by atoms with Crippen molar-refractivity contribution in [2.45, 2.75) is 6.92 Å². The normalized spacial score (nSPS) is 10.7. The number of H-pyrrole nitrogens is 1. The number of rotatable bonds is 2. The molecule has 0 aliphatic rings. The van der Waals surface area contributed by atoms with Gasteiger partial charge in [-0.3, -0.25) is 4.79 Å². The average molecular weight is 326 g/mol. The topological polar surface area (TPSA) is 74.0 Å². The first-order valence-electron chi connectivity index (χ1n) is 7.86. The summed E-state index contributed by atoms with van der Waals surface area (Å²) in [6.07, 6.45) is 0. The van der Waals surface area contributed by atoms with E-state index < -0.39 is 0 Å². The van der Waals surface area contributed by atoms with Crippen LogP contribution in [0.15, 0.2) is 65.5 Å². The van der Waals surface area contributed by atoms with Crippen LogP contribution in [-0.4, -0.2) is 14.6 Å². The summed E-state index contributed by atoms with van der Waals surface area (Å²) in [4.78, 5) is 15.8. The minimum absolute atomic E-state index is 0.196. The molecule has 0 atom stereocenters. The van der Waals surface area contributed by atoms with Crippen molar-refractivity contribution in [2.75, 3.05) is 0 Å². The fourth-order valence-corrected chi connectivity index (χ4v) is 2.98. The molecule has 0 unspecified atom stereocenters. The first-order valence-corrected chi connectivity index (χ1v) is 7.86. The SMILES string of the molecule is Cc1nn2c(=O)cc(-c3ccc(C#N)cc3)[nH]c2c1-c1ccccc1. The van der Waals surface area contributed by atoms with Crippen LogP contribution in [0, 0.1) is 18.3 Å². The first-order chi connectivity index (χ1) is 12.2. The predicted octanol–water partition coefficient (Wildman–Crippen LogP) is 3.54. The van der Waals surface area contributed by atoms with Crippen molar-refractivity contribution >= 4 is 5.65 Å². The molecule has 4 aromatic rings. The van der Waals surface area contributed by atoms with Gasteiger partial charge in [0.1, 0.15) is 5.65 Å². The number of hydrogen-bond donors (Lipinski definition) is 1. The molecule has 25 heavy (non-hydrogen) atoms. The molecule has 2 aromatic carbocycles. The lowest BCUT2D eigenvalue weighted by atomic mass is 10.1. The quantitative estimate of drug-likeness (QED) is 0.612. The van der Waals surface area contributed by atoms with E-state index in [9.17, 15) is 4.79 Å². The first kappa shape index (κ1) is 14.9. The lowest BCUT2D eigenvalue weighted by Crippen LogP contribution is -2.14. The van der Waals surface area contributed by atoms with Crippen molar-refractivity contribution in [3.63, 3.8) is 0 Å². The van der Waals surface area contributed by atoms with E-state index in [2.05, 4.69) is 16.2 Å². The van der Waals surface area contributed by atoms with E-state index in [0.717, 1.165) is 22.4 Å². The van der Waals surface area contributed by atoms with Crippen molar-refractivity contribution in [1.29, 1.82) is 5.26 Å². The number of nitrogens with one attached hydrogen (secondary N) is 1. The highest BCUT2D eigenvalue weighted by Crippen LogP contribution is 2.27. The maximum absolute atomic E-state index is 12.5. The van der Waals surface area contributed by atoms with Gasteiger partial charge in [-0.2, -0.15) is 14.9 Å². The molecule has 0 amide bonds. The van der Waals surface area contributed by atoms with Crippen LogP contribution in [0.5, 0.6) is 0 Å². The molecule has 0 saturated carbocycles. The molecule has 120 valence electrons. The van der Waals surface area contributed by atoms with E-state index in [4.69, 9.17) is 5.26 Å². The molecule has 5 heteroatoms. The van der Waals surface area contributed by atoms with Crippen LogP contribution in [-0.2, 0) is 0 Å². The molecule has 0 radical (unpaired) electrons. The van der Waals surface area contributed by atoms with Gasteiger partial charge >= 0.3 is 0 Å². The molecule has 0 aliphatic carbocycles. The van der Waals surface area contributed by atoms with Gasteiger partial charge in [0.05, 0.1) is 23.0 Å². The summed E-state index contributed by atoms with van der Waals surface area (Å²) in [6, 6.07) is 20.6. The third-order valence-corrected chi connectivity index (χ3v) is 4.18. The molecular weight excluding hydrogens is 312 g/mol. The number of fused-ring (bicyclic) bond motifs is 1. The lowest BCUT2D eigenvalue weighted by Gasteiger charge is -2.05. The van der Waals surface area contributed by atoms with Gasteiger partial charge in [0.2, 0.25) is 0 Å². The van der Waals surface area contributed by atoms with E-state index in [1.54, 1.807) is 12.1 Å². The summed E-state index contributed by atoms with van der Waals surface area (Å²) in [6.45, 7) is 1.89. The fourth-order valence-electron chi connectivity index (χ4n) is 2.98. The number of aryl methyl sites for hydroxylation is 1. The lowest BCUT2D eigenvalue weighted by molar-refractivity contribution is 0.882. The summed E-state index contributed by atoms with van der Waals surface area (Å²) in [5.74, 6) is 0. The highest BCUT2D eigenvalue weighted by Gasteiger charge is 2.15. The highest BCUT2D eigenvalue weighted by atomic mass is 16.1. The molecule has 1 N–H and O–H groups in total. The van der Waals surface area contributed by atoms with Gasteiger partial charge < -0.3 is 4.98 Å². The van der Waals surface area contributed by atoms with Crippen LogP contribution in [0.25, 0.3) is 28.0 Å². The number of aromatic nitrogens is 3. The van der Waals surface area contributed by atoms with E-state index in [1.807, 2.05) is 49.4 Å². The van der Waals surface area contributed by atoms with Crippen molar-refractivity contribution in [1.82, 2.24) is 14.6 Å². The Bertz CT molecular complexity index is 1160. The second-order valence-electron chi connectivity index (χ2n) is 5.80. The molecule has 4 rings (SSSR count). The zero-order valence-corrected chi connectivity index (χ0v) is 13.5. The number of hydrogen-bond acceptors (Lipinski definition) is 3. The number of benzene rings is 2.